The number of carboxylic acids is 1. The molecule has 1 fully saturated rings. The molecule has 0 aliphatic heterocycles. The van der Waals surface area contributed by atoms with Gasteiger partial charge < -0.3 is 15.7 Å². The second kappa shape index (κ2) is 6.21. The van der Waals surface area contributed by atoms with Crippen molar-refractivity contribution in [2.45, 2.75) is 51.1 Å². The lowest BCUT2D eigenvalue weighted by Gasteiger charge is -2.33. The van der Waals surface area contributed by atoms with Crippen molar-refractivity contribution in [3.63, 3.8) is 0 Å². The topological polar surface area (TPSA) is 91.3 Å². The maximum absolute atomic E-state index is 11.9. The smallest absolute Gasteiger partial charge is 0.329 e. The number of urea groups is 1. The summed E-state index contributed by atoms with van der Waals surface area (Å²) in [5, 5.41) is 17.5. The normalized spacial score (nSPS) is 17.4. The fourth-order valence-electron chi connectivity index (χ4n) is 2.47. The van der Waals surface area contributed by atoms with Crippen LogP contribution in [0.4, 0.5) is 4.79 Å². The third kappa shape index (κ3) is 3.47. The molecule has 6 nitrogen and oxygen atoms in total. The first-order valence-corrected chi connectivity index (χ1v) is 7.60. The minimum Gasteiger partial charge on any atom is -0.480 e. The molecule has 0 unspecified atom stereocenters. The van der Waals surface area contributed by atoms with Gasteiger partial charge in [-0.15, -0.1) is 11.3 Å². The number of aliphatic carboxylic acids is 1. The fraction of sp³-hybridized carbons (Fsp3) is 0.615. The van der Waals surface area contributed by atoms with Gasteiger partial charge in [-0.3, -0.25) is 0 Å². The van der Waals surface area contributed by atoms with E-state index < -0.39 is 17.5 Å². The first-order chi connectivity index (χ1) is 9.52. The number of hydrogen-bond donors (Lipinski definition) is 3. The van der Waals surface area contributed by atoms with Gasteiger partial charge >= 0.3 is 12.0 Å². The Kier molecular flexibility index (Phi) is 4.59. The lowest BCUT2D eigenvalue weighted by atomic mass is 9.82. The van der Waals surface area contributed by atoms with E-state index in [9.17, 15) is 14.7 Å². The molecule has 2 amide bonds. The number of rotatable bonds is 4. The standard InChI is InChI=1S/C13H19N3O3S/c1-9-15-10(8-20-9)7-14-12(19)16-13(11(17)18)5-3-2-4-6-13/h8H,2-7H2,1H3,(H,17,18)(H2,14,16,19). The number of carbonyl (C=O) groups excluding carboxylic acids is 1. The van der Waals surface area contributed by atoms with Crippen LogP contribution >= 0.6 is 11.3 Å². The molecule has 1 heterocycles. The summed E-state index contributed by atoms with van der Waals surface area (Å²) < 4.78 is 0. The highest BCUT2D eigenvalue weighted by atomic mass is 32.1. The van der Waals surface area contributed by atoms with Gasteiger partial charge in [0, 0.05) is 5.38 Å². The van der Waals surface area contributed by atoms with E-state index in [0.717, 1.165) is 30.0 Å². The number of aryl methyl sites for hydroxylation is 1. The van der Waals surface area contributed by atoms with Gasteiger partial charge in [-0.05, 0) is 19.8 Å². The van der Waals surface area contributed by atoms with E-state index >= 15 is 0 Å². The van der Waals surface area contributed by atoms with E-state index in [0.29, 0.717) is 19.4 Å². The van der Waals surface area contributed by atoms with Crippen LogP contribution in [0.25, 0.3) is 0 Å². The number of thiazole rings is 1. The van der Waals surface area contributed by atoms with Crippen molar-refractivity contribution in [2.75, 3.05) is 0 Å². The van der Waals surface area contributed by atoms with Gasteiger partial charge in [-0.25, -0.2) is 14.6 Å². The van der Waals surface area contributed by atoms with Gasteiger partial charge in [0.2, 0.25) is 0 Å². The number of hydrogen-bond acceptors (Lipinski definition) is 4. The Morgan fingerprint density at radius 1 is 1.40 bits per heavy atom. The molecule has 0 spiro atoms. The molecule has 0 radical (unpaired) electrons. The Bertz CT molecular complexity index is 495. The second-order valence-corrected chi connectivity index (χ2v) is 6.18. The van der Waals surface area contributed by atoms with Crippen LogP contribution in [-0.4, -0.2) is 27.6 Å². The molecular formula is C13H19N3O3S. The molecular weight excluding hydrogens is 278 g/mol. The highest BCUT2D eigenvalue weighted by molar-refractivity contribution is 7.09. The van der Waals surface area contributed by atoms with Gasteiger partial charge in [-0.1, -0.05) is 19.3 Å². The first kappa shape index (κ1) is 14.8. The van der Waals surface area contributed by atoms with Crippen molar-refractivity contribution in [3.05, 3.63) is 16.1 Å². The Morgan fingerprint density at radius 3 is 2.65 bits per heavy atom. The lowest BCUT2D eigenvalue weighted by Crippen LogP contribution is -2.57. The average Bonchev–Trinajstić information content (AvgIpc) is 2.83. The Hall–Kier alpha value is -1.63. The van der Waals surface area contributed by atoms with Crippen LogP contribution in [0.5, 0.6) is 0 Å². The van der Waals surface area contributed by atoms with E-state index in [-0.39, 0.29) is 0 Å². The van der Waals surface area contributed by atoms with Crippen LogP contribution in [0.1, 0.15) is 42.8 Å². The zero-order valence-corrected chi connectivity index (χ0v) is 12.3. The maximum Gasteiger partial charge on any atom is 0.329 e. The summed E-state index contributed by atoms with van der Waals surface area (Å²) in [7, 11) is 0. The summed E-state index contributed by atoms with van der Waals surface area (Å²) in [5.74, 6) is -0.947. The third-order valence-corrected chi connectivity index (χ3v) is 4.39. The molecule has 1 saturated carbocycles. The molecule has 1 aliphatic rings. The predicted molar refractivity (Wildman–Crippen MR) is 75.7 cm³/mol. The minimum absolute atomic E-state index is 0.311. The number of amides is 2. The molecule has 0 bridgehead atoms. The van der Waals surface area contributed by atoms with Crippen molar-refractivity contribution in [2.24, 2.45) is 0 Å². The molecule has 2 rings (SSSR count). The van der Waals surface area contributed by atoms with Crippen molar-refractivity contribution >= 4 is 23.3 Å². The average molecular weight is 297 g/mol. The monoisotopic (exact) mass is 297 g/mol. The number of carbonyl (C=O) groups is 2. The van der Waals surface area contributed by atoms with Gasteiger partial charge in [0.25, 0.3) is 0 Å². The van der Waals surface area contributed by atoms with Gasteiger partial charge in [0.05, 0.1) is 17.2 Å². The Morgan fingerprint density at radius 2 is 2.10 bits per heavy atom. The molecule has 1 aliphatic carbocycles. The zero-order valence-electron chi connectivity index (χ0n) is 11.4. The molecule has 0 saturated heterocycles. The predicted octanol–water partition coefficient (Wildman–Crippen LogP) is 2.04. The number of aromatic nitrogens is 1. The number of nitrogens with one attached hydrogen (secondary N) is 2. The number of nitrogens with zero attached hydrogens (tertiary/aromatic N) is 1. The summed E-state index contributed by atoms with van der Waals surface area (Å²) in [6.45, 7) is 2.21. The summed E-state index contributed by atoms with van der Waals surface area (Å²) in [6, 6.07) is -0.444. The Labute approximate surface area is 121 Å². The van der Waals surface area contributed by atoms with Gasteiger partial charge in [0.15, 0.2) is 0 Å². The molecule has 1 aromatic rings. The molecule has 1 aromatic heterocycles. The first-order valence-electron chi connectivity index (χ1n) is 6.72. The third-order valence-electron chi connectivity index (χ3n) is 3.57. The highest BCUT2D eigenvalue weighted by Crippen LogP contribution is 2.28. The zero-order chi connectivity index (χ0) is 14.6. The molecule has 0 aromatic carbocycles. The van der Waals surface area contributed by atoms with Gasteiger partial charge in [0.1, 0.15) is 5.54 Å². The van der Waals surface area contributed by atoms with Crippen molar-refractivity contribution < 1.29 is 14.7 Å². The SMILES string of the molecule is Cc1nc(CNC(=O)NC2(C(=O)O)CCCCC2)cs1. The molecule has 20 heavy (non-hydrogen) atoms. The largest absolute Gasteiger partial charge is 0.480 e. The van der Waals surface area contributed by atoms with E-state index in [4.69, 9.17) is 0 Å². The van der Waals surface area contributed by atoms with E-state index in [1.165, 1.54) is 11.3 Å². The molecule has 3 N–H and O–H groups in total. The van der Waals surface area contributed by atoms with Crippen LogP contribution in [-0.2, 0) is 11.3 Å². The van der Waals surface area contributed by atoms with Gasteiger partial charge in [-0.2, -0.15) is 0 Å². The summed E-state index contributed by atoms with van der Waals surface area (Å²) in [4.78, 5) is 27.6. The van der Waals surface area contributed by atoms with Crippen molar-refractivity contribution in [1.29, 1.82) is 0 Å². The van der Waals surface area contributed by atoms with Crippen molar-refractivity contribution in [1.82, 2.24) is 15.6 Å². The second-order valence-electron chi connectivity index (χ2n) is 5.11. The summed E-state index contributed by atoms with van der Waals surface area (Å²) >= 11 is 1.52. The lowest BCUT2D eigenvalue weighted by molar-refractivity contribution is -0.145. The quantitative estimate of drug-likeness (QED) is 0.793. The van der Waals surface area contributed by atoms with Crippen LogP contribution in [0.3, 0.4) is 0 Å². The molecule has 7 heteroatoms. The summed E-state index contributed by atoms with van der Waals surface area (Å²) in [5.41, 5.74) is -0.323. The van der Waals surface area contributed by atoms with E-state index in [1.54, 1.807) is 0 Å². The highest BCUT2D eigenvalue weighted by Gasteiger charge is 2.40. The molecule has 110 valence electrons. The minimum atomic E-state index is -1.11. The van der Waals surface area contributed by atoms with E-state index in [1.807, 2.05) is 12.3 Å². The van der Waals surface area contributed by atoms with Crippen LogP contribution in [0, 0.1) is 6.92 Å². The van der Waals surface area contributed by atoms with Crippen LogP contribution in [0.2, 0.25) is 0 Å². The molecule has 0 atom stereocenters. The van der Waals surface area contributed by atoms with E-state index in [2.05, 4.69) is 15.6 Å². The van der Waals surface area contributed by atoms with Crippen LogP contribution in [0.15, 0.2) is 5.38 Å². The Balaban J connectivity index is 1.90. The fourth-order valence-corrected chi connectivity index (χ4v) is 3.08. The number of carboxylic acid groups (broad SMARTS) is 1. The van der Waals surface area contributed by atoms with Crippen LogP contribution < -0.4 is 10.6 Å². The van der Waals surface area contributed by atoms with Crippen molar-refractivity contribution in [3.8, 4) is 0 Å². The maximum atomic E-state index is 11.9. The summed E-state index contributed by atoms with van der Waals surface area (Å²) in [6.07, 6.45) is 3.67.